The zero-order chi connectivity index (χ0) is 24.0. The van der Waals surface area contributed by atoms with Gasteiger partial charge in [0.1, 0.15) is 11.2 Å². The number of thiazole rings is 1. The summed E-state index contributed by atoms with van der Waals surface area (Å²) in [6.45, 7) is 1.13. The third-order valence-corrected chi connectivity index (χ3v) is 7.29. The van der Waals surface area contributed by atoms with E-state index in [-0.39, 0.29) is 11.8 Å². The summed E-state index contributed by atoms with van der Waals surface area (Å²) in [5.74, 6) is -0.583. The van der Waals surface area contributed by atoms with Crippen molar-refractivity contribution >= 4 is 51.5 Å². The highest BCUT2D eigenvalue weighted by molar-refractivity contribution is 7.12. The van der Waals surface area contributed by atoms with E-state index in [0.717, 1.165) is 16.6 Å². The Morgan fingerprint density at radius 2 is 1.83 bits per heavy atom. The first-order chi connectivity index (χ1) is 17.0. The van der Waals surface area contributed by atoms with Crippen LogP contribution in [0.2, 0.25) is 0 Å². The highest BCUT2D eigenvalue weighted by Crippen LogP contribution is 2.33. The first kappa shape index (κ1) is 21.3. The number of carbonyl (C=O) groups excluding carboxylic acids is 3. The third kappa shape index (κ3) is 3.79. The summed E-state index contributed by atoms with van der Waals surface area (Å²) in [6.07, 6.45) is 2.86. The normalized spacial score (nSPS) is 17.0. The average molecular weight is 488 g/mol. The molecule has 2 aromatic heterocycles. The molecule has 10 nitrogen and oxygen atoms in total. The highest BCUT2D eigenvalue weighted by Gasteiger charge is 2.48. The summed E-state index contributed by atoms with van der Waals surface area (Å²) in [5, 5.41) is 15.9. The second kappa shape index (κ2) is 8.20. The van der Waals surface area contributed by atoms with E-state index in [0.29, 0.717) is 42.4 Å². The van der Waals surface area contributed by atoms with Crippen LogP contribution >= 0.6 is 11.3 Å². The van der Waals surface area contributed by atoms with E-state index >= 15 is 0 Å². The lowest BCUT2D eigenvalue weighted by atomic mass is 9.87. The Labute approximate surface area is 203 Å². The number of aromatic nitrogens is 3. The number of piperidine rings is 1. The van der Waals surface area contributed by atoms with Gasteiger partial charge in [-0.3, -0.25) is 14.9 Å². The smallest absolute Gasteiger partial charge is 0.322 e. The van der Waals surface area contributed by atoms with Gasteiger partial charge < -0.3 is 15.5 Å². The van der Waals surface area contributed by atoms with Crippen LogP contribution < -0.4 is 20.9 Å². The molecule has 35 heavy (non-hydrogen) atoms. The van der Waals surface area contributed by atoms with Crippen LogP contribution in [0, 0.1) is 0 Å². The molecule has 0 unspecified atom stereocenters. The standard InChI is InChI=1S/C24H21N7O3S/c32-20(18-14-35-23(26-18)31-13-15-5-1-2-6-16(15)29-31)25-17-7-3-4-8-19(17)30-11-9-24(10-12-30)21(33)27-22(34)28-24/h1-8,13-14H,9-12H2,(H,25,32)(H2,27,28,33,34). The number of benzene rings is 2. The van der Waals surface area contributed by atoms with Crippen LogP contribution in [0.5, 0.6) is 0 Å². The molecule has 11 heteroatoms. The Bertz CT molecular complexity index is 1440. The molecule has 0 saturated carbocycles. The van der Waals surface area contributed by atoms with Gasteiger partial charge in [0.15, 0.2) is 0 Å². The summed E-state index contributed by atoms with van der Waals surface area (Å²) < 4.78 is 1.68. The fraction of sp³-hybridized carbons (Fsp3) is 0.208. The molecule has 4 aromatic rings. The number of amides is 4. The largest absolute Gasteiger partial charge is 0.370 e. The fourth-order valence-electron chi connectivity index (χ4n) is 4.59. The van der Waals surface area contributed by atoms with Gasteiger partial charge in [-0.25, -0.2) is 14.5 Å². The van der Waals surface area contributed by atoms with Gasteiger partial charge >= 0.3 is 6.03 Å². The van der Waals surface area contributed by atoms with Crippen molar-refractivity contribution < 1.29 is 14.4 Å². The van der Waals surface area contributed by atoms with Crippen LogP contribution in [-0.4, -0.2) is 51.2 Å². The van der Waals surface area contributed by atoms with Crippen LogP contribution in [0.1, 0.15) is 23.3 Å². The zero-order valence-corrected chi connectivity index (χ0v) is 19.3. The summed E-state index contributed by atoms with van der Waals surface area (Å²) in [4.78, 5) is 43.5. The Morgan fingerprint density at radius 3 is 2.60 bits per heavy atom. The molecule has 2 aliphatic rings. The van der Waals surface area contributed by atoms with E-state index < -0.39 is 11.6 Å². The van der Waals surface area contributed by atoms with Crippen molar-refractivity contribution in [2.75, 3.05) is 23.3 Å². The lowest BCUT2D eigenvalue weighted by molar-refractivity contribution is -0.124. The predicted octanol–water partition coefficient (Wildman–Crippen LogP) is 2.91. The molecule has 4 amide bonds. The van der Waals surface area contributed by atoms with Gasteiger partial charge in [0.05, 0.1) is 16.9 Å². The van der Waals surface area contributed by atoms with E-state index in [4.69, 9.17) is 0 Å². The number of para-hydroxylation sites is 2. The van der Waals surface area contributed by atoms with Gasteiger partial charge in [0, 0.05) is 30.1 Å². The molecular formula is C24H21N7O3S. The van der Waals surface area contributed by atoms with Crippen molar-refractivity contribution in [1.29, 1.82) is 0 Å². The minimum atomic E-state index is -0.847. The number of hydrogen-bond acceptors (Lipinski definition) is 7. The zero-order valence-electron chi connectivity index (χ0n) is 18.5. The first-order valence-corrected chi connectivity index (χ1v) is 12.1. The van der Waals surface area contributed by atoms with Gasteiger partial charge in [-0.05, 0) is 31.0 Å². The van der Waals surface area contributed by atoms with Crippen LogP contribution in [0.15, 0.2) is 60.1 Å². The lowest BCUT2D eigenvalue weighted by Crippen LogP contribution is -2.55. The van der Waals surface area contributed by atoms with Crippen LogP contribution in [0.4, 0.5) is 16.2 Å². The second-order valence-electron chi connectivity index (χ2n) is 8.60. The first-order valence-electron chi connectivity index (χ1n) is 11.2. The number of nitrogens with zero attached hydrogens (tertiary/aromatic N) is 4. The Hall–Kier alpha value is -4.25. The Morgan fingerprint density at radius 1 is 1.06 bits per heavy atom. The van der Waals surface area contributed by atoms with E-state index in [1.54, 1.807) is 10.1 Å². The van der Waals surface area contributed by atoms with Gasteiger partial charge in [-0.15, -0.1) is 11.3 Å². The van der Waals surface area contributed by atoms with Gasteiger partial charge in [0.25, 0.3) is 11.8 Å². The topological polar surface area (TPSA) is 121 Å². The van der Waals surface area contributed by atoms with E-state index in [1.165, 1.54) is 11.3 Å². The number of urea groups is 1. The molecule has 6 rings (SSSR count). The van der Waals surface area contributed by atoms with Crippen molar-refractivity contribution in [3.8, 4) is 5.13 Å². The number of nitrogens with one attached hydrogen (secondary N) is 3. The molecule has 3 N–H and O–H groups in total. The van der Waals surface area contributed by atoms with Crippen LogP contribution in [0.3, 0.4) is 0 Å². The van der Waals surface area contributed by atoms with Crippen molar-refractivity contribution in [2.45, 2.75) is 18.4 Å². The molecule has 2 aromatic carbocycles. The minimum Gasteiger partial charge on any atom is -0.370 e. The van der Waals surface area contributed by atoms with Gasteiger partial charge in [-0.2, -0.15) is 5.10 Å². The maximum atomic E-state index is 13.0. The van der Waals surface area contributed by atoms with Gasteiger partial charge in [-0.1, -0.05) is 30.3 Å². The molecule has 1 spiro atoms. The lowest BCUT2D eigenvalue weighted by Gasteiger charge is -2.38. The molecule has 4 heterocycles. The number of hydrogen-bond donors (Lipinski definition) is 3. The maximum Gasteiger partial charge on any atom is 0.322 e. The molecule has 0 atom stereocenters. The number of anilines is 2. The van der Waals surface area contributed by atoms with E-state index in [2.05, 4.69) is 30.9 Å². The van der Waals surface area contributed by atoms with Gasteiger partial charge in [0.2, 0.25) is 5.13 Å². The summed E-state index contributed by atoms with van der Waals surface area (Å²) in [6, 6.07) is 14.9. The Balaban J connectivity index is 1.18. The monoisotopic (exact) mass is 487 g/mol. The maximum absolute atomic E-state index is 13.0. The molecule has 0 radical (unpaired) electrons. The van der Waals surface area contributed by atoms with Crippen LogP contribution in [0.25, 0.3) is 16.0 Å². The number of fused-ring (bicyclic) bond motifs is 1. The van der Waals surface area contributed by atoms with Crippen molar-refractivity contribution in [3.63, 3.8) is 0 Å². The molecule has 0 aliphatic carbocycles. The van der Waals surface area contributed by atoms with Crippen molar-refractivity contribution in [2.24, 2.45) is 0 Å². The second-order valence-corrected chi connectivity index (χ2v) is 9.43. The number of imide groups is 1. The summed E-state index contributed by atoms with van der Waals surface area (Å²) >= 11 is 1.35. The fourth-order valence-corrected chi connectivity index (χ4v) is 5.32. The van der Waals surface area contributed by atoms with Crippen LogP contribution in [-0.2, 0) is 4.79 Å². The molecule has 2 fully saturated rings. The minimum absolute atomic E-state index is 0.270. The number of rotatable bonds is 4. The summed E-state index contributed by atoms with van der Waals surface area (Å²) in [7, 11) is 0. The average Bonchev–Trinajstić information content (AvgIpc) is 3.58. The number of carbonyl (C=O) groups is 3. The molecule has 176 valence electrons. The highest BCUT2D eigenvalue weighted by atomic mass is 32.1. The quantitative estimate of drug-likeness (QED) is 0.381. The van der Waals surface area contributed by atoms with E-state index in [9.17, 15) is 14.4 Å². The molecule has 0 bridgehead atoms. The molecule has 2 saturated heterocycles. The predicted molar refractivity (Wildman–Crippen MR) is 132 cm³/mol. The molecule has 2 aliphatic heterocycles. The van der Waals surface area contributed by atoms with E-state index in [1.807, 2.05) is 54.7 Å². The third-order valence-electron chi connectivity index (χ3n) is 6.46. The van der Waals surface area contributed by atoms with Crippen molar-refractivity contribution in [1.82, 2.24) is 25.4 Å². The van der Waals surface area contributed by atoms with Crippen molar-refractivity contribution in [3.05, 3.63) is 65.8 Å². The molecular weight excluding hydrogens is 466 g/mol. The summed E-state index contributed by atoms with van der Waals surface area (Å²) in [5.41, 5.74) is 1.84. The SMILES string of the molecule is O=C1NC(=O)C2(CCN(c3ccccc3NC(=O)c3csc(-n4cc5ccccc5n4)n3)CC2)N1. The Kier molecular flexibility index (Phi) is 4.99.